The number of thioether (sulfide) groups is 1. The Labute approximate surface area is 229 Å². The van der Waals surface area contributed by atoms with E-state index in [0.717, 1.165) is 45.7 Å². The average molecular weight is 580 g/mol. The lowest BCUT2D eigenvalue weighted by Crippen LogP contribution is -2.44. The molecule has 1 aliphatic carbocycles. The fourth-order valence-electron chi connectivity index (χ4n) is 4.77. The largest absolute Gasteiger partial charge is 0.488 e. The predicted molar refractivity (Wildman–Crippen MR) is 152 cm³/mol. The molecule has 0 aromatic heterocycles. The summed E-state index contributed by atoms with van der Waals surface area (Å²) in [6.07, 6.45) is 6.40. The standard InChI is InChI=1S/C30H28BrFN2O2S/c1-20-7-5-6-10-26(20)34-29(35)28(37-30(34)33-24-8-3-2-4-9-24)18-22-13-16-27(25(31)17-22)36-19-21-11-14-23(32)15-12-21/h2-4,8-9,11-18,20,26H,5-7,10,19H2,1H3/b28-18-,33-30?/t20-,26+/m0/s1. The van der Waals surface area contributed by atoms with Gasteiger partial charge in [-0.2, -0.15) is 0 Å². The predicted octanol–water partition coefficient (Wildman–Crippen LogP) is 8.35. The first-order valence-electron chi connectivity index (χ1n) is 12.5. The Kier molecular flexibility index (Phi) is 8.11. The van der Waals surface area contributed by atoms with E-state index < -0.39 is 0 Å². The first-order chi connectivity index (χ1) is 18.0. The van der Waals surface area contributed by atoms with Crippen molar-refractivity contribution in [2.45, 2.75) is 45.3 Å². The Morgan fingerprint density at radius 2 is 1.84 bits per heavy atom. The molecule has 2 atom stereocenters. The minimum absolute atomic E-state index is 0.0196. The Bertz CT molecular complexity index is 1330. The molecule has 3 aromatic carbocycles. The highest BCUT2D eigenvalue weighted by Crippen LogP contribution is 2.40. The summed E-state index contributed by atoms with van der Waals surface area (Å²) in [6.45, 7) is 2.58. The van der Waals surface area contributed by atoms with E-state index >= 15 is 0 Å². The third-order valence-electron chi connectivity index (χ3n) is 6.78. The van der Waals surface area contributed by atoms with Crippen LogP contribution < -0.4 is 4.74 Å². The van der Waals surface area contributed by atoms with Crippen molar-refractivity contribution in [3.63, 3.8) is 0 Å². The second kappa shape index (κ2) is 11.7. The number of aliphatic imine (C=N–C) groups is 1. The highest BCUT2D eigenvalue weighted by atomic mass is 79.9. The van der Waals surface area contributed by atoms with E-state index in [9.17, 15) is 9.18 Å². The maximum Gasteiger partial charge on any atom is 0.267 e. The summed E-state index contributed by atoms with van der Waals surface area (Å²) in [5.41, 5.74) is 2.63. The van der Waals surface area contributed by atoms with E-state index in [1.54, 1.807) is 12.1 Å². The lowest BCUT2D eigenvalue weighted by molar-refractivity contribution is -0.124. The molecule has 1 saturated carbocycles. The summed E-state index contributed by atoms with van der Waals surface area (Å²) < 4.78 is 19.8. The highest BCUT2D eigenvalue weighted by molar-refractivity contribution is 9.10. The molecule has 1 amide bonds. The van der Waals surface area contributed by atoms with Crippen LogP contribution in [0.4, 0.5) is 10.1 Å². The molecule has 190 valence electrons. The number of nitrogens with zero attached hydrogens (tertiary/aromatic N) is 2. The quantitative estimate of drug-likeness (QED) is 0.276. The van der Waals surface area contributed by atoms with E-state index in [1.165, 1.54) is 30.3 Å². The summed E-state index contributed by atoms with van der Waals surface area (Å²) in [6, 6.07) is 22.0. The number of halogens is 2. The van der Waals surface area contributed by atoms with Gasteiger partial charge in [0, 0.05) is 6.04 Å². The zero-order chi connectivity index (χ0) is 25.8. The molecule has 7 heteroatoms. The second-order valence-corrected chi connectivity index (χ2v) is 11.3. The minimum atomic E-state index is -0.268. The number of ether oxygens (including phenoxy) is 1. The Hall–Kier alpha value is -2.90. The van der Waals surface area contributed by atoms with Gasteiger partial charge in [-0.15, -0.1) is 0 Å². The van der Waals surface area contributed by atoms with Crippen LogP contribution in [0.1, 0.15) is 43.7 Å². The first-order valence-corrected chi connectivity index (χ1v) is 14.1. The minimum Gasteiger partial charge on any atom is -0.488 e. The Morgan fingerprint density at radius 1 is 1.08 bits per heavy atom. The monoisotopic (exact) mass is 578 g/mol. The zero-order valence-electron chi connectivity index (χ0n) is 20.6. The third-order valence-corrected chi connectivity index (χ3v) is 8.38. The van der Waals surface area contributed by atoms with Crippen LogP contribution in [0.3, 0.4) is 0 Å². The van der Waals surface area contributed by atoms with Gasteiger partial charge in [0.1, 0.15) is 18.2 Å². The summed E-state index contributed by atoms with van der Waals surface area (Å²) in [4.78, 5) is 21.2. The number of carbonyl (C=O) groups is 1. The fraction of sp³-hybridized carbons (Fsp3) is 0.267. The summed E-state index contributed by atoms with van der Waals surface area (Å²) >= 11 is 5.04. The molecule has 1 heterocycles. The average Bonchev–Trinajstić information content (AvgIpc) is 3.19. The van der Waals surface area contributed by atoms with Crippen LogP contribution in [0.25, 0.3) is 6.08 Å². The number of carbonyl (C=O) groups excluding carboxylic acids is 1. The van der Waals surface area contributed by atoms with Crippen molar-refractivity contribution in [2.24, 2.45) is 10.9 Å². The Morgan fingerprint density at radius 3 is 2.57 bits per heavy atom. The van der Waals surface area contributed by atoms with E-state index in [1.807, 2.05) is 59.5 Å². The highest BCUT2D eigenvalue weighted by Gasteiger charge is 2.41. The molecular weight excluding hydrogens is 551 g/mol. The topological polar surface area (TPSA) is 41.9 Å². The van der Waals surface area contributed by atoms with Gasteiger partial charge in [-0.25, -0.2) is 9.38 Å². The van der Waals surface area contributed by atoms with Crippen LogP contribution >= 0.6 is 27.7 Å². The third kappa shape index (κ3) is 6.16. The van der Waals surface area contributed by atoms with Crippen molar-refractivity contribution in [2.75, 3.05) is 0 Å². The number of para-hydroxylation sites is 1. The van der Waals surface area contributed by atoms with Gasteiger partial charge in [-0.05, 0) is 100 Å². The molecular formula is C30H28BrFN2O2S. The SMILES string of the molecule is C[C@H]1CCCC[C@H]1N1C(=O)/C(=C/c2ccc(OCc3ccc(F)cc3)c(Br)c2)SC1=Nc1ccccc1. The van der Waals surface area contributed by atoms with Gasteiger partial charge in [0.05, 0.1) is 15.1 Å². The maximum atomic E-state index is 13.7. The normalized spacial score (nSPS) is 22.1. The number of hydrogen-bond donors (Lipinski definition) is 0. The van der Waals surface area contributed by atoms with Gasteiger partial charge in [-0.3, -0.25) is 9.69 Å². The Balaban J connectivity index is 1.38. The molecule has 1 aliphatic heterocycles. The van der Waals surface area contributed by atoms with Crippen LogP contribution in [0, 0.1) is 11.7 Å². The molecule has 37 heavy (non-hydrogen) atoms. The van der Waals surface area contributed by atoms with Gasteiger partial charge in [-0.1, -0.05) is 56.2 Å². The maximum absolute atomic E-state index is 13.7. The van der Waals surface area contributed by atoms with Crippen molar-refractivity contribution < 1.29 is 13.9 Å². The lowest BCUT2D eigenvalue weighted by Gasteiger charge is -2.35. The van der Waals surface area contributed by atoms with Crippen molar-refractivity contribution in [1.82, 2.24) is 4.90 Å². The summed E-state index contributed by atoms with van der Waals surface area (Å²) in [5, 5.41) is 0.750. The number of amides is 1. The van der Waals surface area contributed by atoms with Gasteiger partial charge in [0.2, 0.25) is 0 Å². The molecule has 4 nitrogen and oxygen atoms in total. The molecule has 0 radical (unpaired) electrons. The number of benzene rings is 3. The molecule has 0 N–H and O–H groups in total. The molecule has 0 bridgehead atoms. The zero-order valence-corrected chi connectivity index (χ0v) is 23.0. The van der Waals surface area contributed by atoms with Crippen molar-refractivity contribution >= 4 is 50.5 Å². The number of rotatable bonds is 6. The van der Waals surface area contributed by atoms with Gasteiger partial charge >= 0.3 is 0 Å². The molecule has 0 unspecified atom stereocenters. The molecule has 0 spiro atoms. The van der Waals surface area contributed by atoms with Crippen LogP contribution in [-0.4, -0.2) is 22.0 Å². The second-order valence-electron chi connectivity index (χ2n) is 9.45. The van der Waals surface area contributed by atoms with Gasteiger partial charge in [0.25, 0.3) is 5.91 Å². The van der Waals surface area contributed by atoms with Crippen LogP contribution in [-0.2, 0) is 11.4 Å². The number of amidine groups is 1. The molecule has 1 saturated heterocycles. The molecule has 3 aromatic rings. The van der Waals surface area contributed by atoms with Crippen molar-refractivity contribution in [3.8, 4) is 5.75 Å². The molecule has 2 aliphatic rings. The van der Waals surface area contributed by atoms with E-state index in [2.05, 4.69) is 22.9 Å². The molecule has 5 rings (SSSR count). The van der Waals surface area contributed by atoms with E-state index in [-0.39, 0.29) is 17.8 Å². The number of hydrogen-bond acceptors (Lipinski definition) is 4. The van der Waals surface area contributed by atoms with Crippen molar-refractivity contribution in [1.29, 1.82) is 0 Å². The van der Waals surface area contributed by atoms with E-state index in [0.29, 0.717) is 23.2 Å². The summed E-state index contributed by atoms with van der Waals surface area (Å²) in [7, 11) is 0. The fourth-order valence-corrected chi connectivity index (χ4v) is 6.32. The van der Waals surface area contributed by atoms with Gasteiger partial charge in [0.15, 0.2) is 5.17 Å². The van der Waals surface area contributed by atoms with Crippen LogP contribution in [0.15, 0.2) is 87.2 Å². The molecule has 2 fully saturated rings. The van der Waals surface area contributed by atoms with Crippen LogP contribution in [0.5, 0.6) is 5.75 Å². The summed E-state index contributed by atoms with van der Waals surface area (Å²) in [5.74, 6) is 0.868. The first kappa shape index (κ1) is 25.7. The van der Waals surface area contributed by atoms with Crippen LogP contribution in [0.2, 0.25) is 0 Å². The smallest absolute Gasteiger partial charge is 0.267 e. The lowest BCUT2D eigenvalue weighted by atomic mass is 9.85. The van der Waals surface area contributed by atoms with Crippen molar-refractivity contribution in [3.05, 3.63) is 99.1 Å². The van der Waals surface area contributed by atoms with E-state index in [4.69, 9.17) is 9.73 Å². The van der Waals surface area contributed by atoms with Gasteiger partial charge < -0.3 is 4.74 Å².